The maximum absolute atomic E-state index is 13.3. The average molecular weight is 333 g/mol. The van der Waals surface area contributed by atoms with Crippen LogP contribution in [0.3, 0.4) is 0 Å². The molecule has 136 valence electrons. The van der Waals surface area contributed by atoms with Gasteiger partial charge in [-0.05, 0) is 74.0 Å². The SMILES string of the molecule is CC(C)(C)CC1(C(=O)OC2(C)CC3CC2C2CCCC32)CC1(C)C. The number of carbonyl (C=O) groups is 1. The number of hydrogen-bond acceptors (Lipinski definition) is 2. The molecule has 4 fully saturated rings. The molecular weight excluding hydrogens is 296 g/mol. The largest absolute Gasteiger partial charge is 0.459 e. The summed E-state index contributed by atoms with van der Waals surface area (Å²) in [5.74, 6) is 3.36. The average Bonchev–Trinajstić information content (AvgIpc) is 2.84. The summed E-state index contributed by atoms with van der Waals surface area (Å²) >= 11 is 0. The van der Waals surface area contributed by atoms with Crippen molar-refractivity contribution in [2.75, 3.05) is 0 Å². The van der Waals surface area contributed by atoms with E-state index in [9.17, 15) is 4.79 Å². The minimum atomic E-state index is -0.245. The molecule has 2 nitrogen and oxygen atoms in total. The molecule has 6 atom stereocenters. The fourth-order valence-electron chi connectivity index (χ4n) is 7.15. The third kappa shape index (κ3) is 2.31. The van der Waals surface area contributed by atoms with Crippen molar-refractivity contribution in [1.82, 2.24) is 0 Å². The summed E-state index contributed by atoms with van der Waals surface area (Å²) in [5, 5.41) is 0. The molecule has 4 saturated carbocycles. The monoisotopic (exact) mass is 332 g/mol. The zero-order chi connectivity index (χ0) is 17.5. The minimum Gasteiger partial charge on any atom is -0.459 e. The van der Waals surface area contributed by atoms with E-state index in [1.165, 1.54) is 25.7 Å². The second kappa shape index (κ2) is 4.80. The summed E-state index contributed by atoms with van der Waals surface area (Å²) < 4.78 is 6.41. The Morgan fingerprint density at radius 3 is 2.33 bits per heavy atom. The van der Waals surface area contributed by atoms with Crippen LogP contribution in [0.5, 0.6) is 0 Å². The summed E-state index contributed by atoms with van der Waals surface area (Å²) in [6.07, 6.45) is 8.57. The van der Waals surface area contributed by atoms with Crippen molar-refractivity contribution in [2.45, 2.75) is 92.1 Å². The van der Waals surface area contributed by atoms with Crippen LogP contribution in [0.25, 0.3) is 0 Å². The van der Waals surface area contributed by atoms with Crippen LogP contribution >= 0.6 is 0 Å². The molecule has 24 heavy (non-hydrogen) atoms. The number of ether oxygens (including phenoxy) is 1. The van der Waals surface area contributed by atoms with E-state index in [2.05, 4.69) is 41.5 Å². The molecule has 4 aliphatic carbocycles. The van der Waals surface area contributed by atoms with Gasteiger partial charge >= 0.3 is 5.97 Å². The molecule has 0 aromatic heterocycles. The first-order valence-corrected chi connectivity index (χ1v) is 10.2. The van der Waals surface area contributed by atoms with E-state index < -0.39 is 0 Å². The van der Waals surface area contributed by atoms with Gasteiger partial charge in [0.15, 0.2) is 0 Å². The lowest BCUT2D eigenvalue weighted by atomic mass is 9.73. The smallest absolute Gasteiger partial charge is 0.313 e. The van der Waals surface area contributed by atoms with Gasteiger partial charge in [-0.15, -0.1) is 0 Å². The van der Waals surface area contributed by atoms with Crippen molar-refractivity contribution in [3.05, 3.63) is 0 Å². The van der Waals surface area contributed by atoms with Crippen LogP contribution in [0, 0.1) is 39.9 Å². The van der Waals surface area contributed by atoms with Gasteiger partial charge in [-0.3, -0.25) is 4.79 Å². The highest BCUT2D eigenvalue weighted by Gasteiger charge is 2.70. The molecule has 0 N–H and O–H groups in total. The van der Waals surface area contributed by atoms with Gasteiger partial charge in [-0.25, -0.2) is 0 Å². The Morgan fingerprint density at radius 2 is 1.75 bits per heavy atom. The third-order valence-electron chi connectivity index (χ3n) is 8.22. The normalized spacial score (nSPS) is 48.4. The van der Waals surface area contributed by atoms with Crippen molar-refractivity contribution >= 4 is 5.97 Å². The van der Waals surface area contributed by atoms with Crippen molar-refractivity contribution in [2.24, 2.45) is 39.9 Å². The van der Waals surface area contributed by atoms with E-state index in [4.69, 9.17) is 4.74 Å². The van der Waals surface area contributed by atoms with E-state index in [0.717, 1.165) is 37.0 Å². The van der Waals surface area contributed by atoms with Gasteiger partial charge in [0.1, 0.15) is 5.60 Å². The third-order valence-corrected chi connectivity index (χ3v) is 8.22. The Labute approximate surface area is 148 Å². The van der Waals surface area contributed by atoms with Gasteiger partial charge < -0.3 is 4.74 Å². The molecule has 2 bridgehead atoms. The first-order chi connectivity index (χ1) is 11.0. The highest BCUT2D eigenvalue weighted by Crippen LogP contribution is 2.70. The lowest BCUT2D eigenvalue weighted by Crippen LogP contribution is -2.45. The highest BCUT2D eigenvalue weighted by atomic mass is 16.6. The molecule has 4 aliphatic rings. The van der Waals surface area contributed by atoms with Gasteiger partial charge in [0, 0.05) is 5.92 Å². The van der Waals surface area contributed by atoms with Gasteiger partial charge in [0.2, 0.25) is 0 Å². The van der Waals surface area contributed by atoms with E-state index in [1.807, 2.05) is 0 Å². The van der Waals surface area contributed by atoms with E-state index in [1.54, 1.807) is 0 Å². The summed E-state index contributed by atoms with van der Waals surface area (Å²) in [7, 11) is 0. The molecule has 0 aliphatic heterocycles. The summed E-state index contributed by atoms with van der Waals surface area (Å²) in [5.41, 5.74) is -0.165. The van der Waals surface area contributed by atoms with Gasteiger partial charge in [0.05, 0.1) is 5.41 Å². The molecule has 0 heterocycles. The molecule has 0 spiro atoms. The first-order valence-electron chi connectivity index (χ1n) is 10.2. The standard InChI is InChI=1S/C22H36O2/c1-19(2,3)12-22(13-20(22,4)5)18(23)24-21(6)11-14-10-17(21)16-9-7-8-15(14)16/h14-17H,7-13H2,1-6H3. The van der Waals surface area contributed by atoms with E-state index in [-0.39, 0.29) is 27.8 Å². The lowest BCUT2D eigenvalue weighted by Gasteiger charge is -2.41. The molecule has 0 amide bonds. The quantitative estimate of drug-likeness (QED) is 0.629. The molecule has 4 rings (SSSR count). The Morgan fingerprint density at radius 1 is 1.12 bits per heavy atom. The maximum atomic E-state index is 13.3. The van der Waals surface area contributed by atoms with Crippen molar-refractivity contribution in [3.8, 4) is 0 Å². The first kappa shape index (κ1) is 16.9. The highest BCUT2D eigenvalue weighted by molar-refractivity contribution is 5.82. The van der Waals surface area contributed by atoms with Crippen LogP contribution < -0.4 is 0 Å². The lowest BCUT2D eigenvalue weighted by molar-refractivity contribution is -0.176. The molecular formula is C22H36O2. The predicted molar refractivity (Wildman–Crippen MR) is 96.4 cm³/mol. The van der Waals surface area contributed by atoms with E-state index in [0.29, 0.717) is 5.92 Å². The van der Waals surface area contributed by atoms with Crippen LogP contribution in [0.1, 0.15) is 86.5 Å². The van der Waals surface area contributed by atoms with Crippen LogP contribution in [-0.4, -0.2) is 11.6 Å². The topological polar surface area (TPSA) is 26.3 Å². The minimum absolute atomic E-state index is 0.0984. The van der Waals surface area contributed by atoms with Gasteiger partial charge in [0.25, 0.3) is 0 Å². The second-order valence-electron chi connectivity index (χ2n) is 11.6. The number of hydrogen-bond donors (Lipinski definition) is 0. The molecule has 0 radical (unpaired) electrons. The second-order valence-corrected chi connectivity index (χ2v) is 11.6. The van der Waals surface area contributed by atoms with E-state index >= 15 is 0 Å². The molecule has 0 aromatic rings. The van der Waals surface area contributed by atoms with Crippen molar-refractivity contribution < 1.29 is 9.53 Å². The molecule has 0 aromatic carbocycles. The van der Waals surface area contributed by atoms with Crippen LogP contribution in [0.2, 0.25) is 0 Å². The van der Waals surface area contributed by atoms with Gasteiger partial charge in [-0.1, -0.05) is 41.0 Å². The zero-order valence-electron chi connectivity index (χ0n) is 16.6. The van der Waals surface area contributed by atoms with Crippen LogP contribution in [0.15, 0.2) is 0 Å². The van der Waals surface area contributed by atoms with Crippen LogP contribution in [-0.2, 0) is 9.53 Å². The van der Waals surface area contributed by atoms with Crippen LogP contribution in [0.4, 0.5) is 0 Å². The molecule has 2 heteroatoms. The summed E-state index contributed by atoms with van der Waals surface area (Å²) in [4.78, 5) is 13.3. The number of rotatable bonds is 3. The zero-order valence-corrected chi connectivity index (χ0v) is 16.6. The molecule has 6 unspecified atom stereocenters. The number of fused-ring (bicyclic) bond motifs is 5. The predicted octanol–water partition coefficient (Wildman–Crippen LogP) is 5.60. The molecule has 0 saturated heterocycles. The Hall–Kier alpha value is -0.530. The number of esters is 1. The fraction of sp³-hybridized carbons (Fsp3) is 0.955. The maximum Gasteiger partial charge on any atom is 0.313 e. The Balaban J connectivity index is 1.52. The Bertz CT molecular complexity index is 557. The summed E-state index contributed by atoms with van der Waals surface area (Å²) in [6.45, 7) is 13.5. The summed E-state index contributed by atoms with van der Waals surface area (Å²) in [6, 6.07) is 0. The fourth-order valence-corrected chi connectivity index (χ4v) is 7.15. The van der Waals surface area contributed by atoms with Crippen molar-refractivity contribution in [3.63, 3.8) is 0 Å². The number of carbonyl (C=O) groups excluding carboxylic acids is 1. The van der Waals surface area contributed by atoms with Crippen molar-refractivity contribution in [1.29, 1.82) is 0 Å². The van der Waals surface area contributed by atoms with Gasteiger partial charge in [-0.2, -0.15) is 0 Å². The Kier molecular flexibility index (Phi) is 3.38.